The lowest BCUT2D eigenvalue weighted by atomic mass is 10.1. The molecule has 4 nitrogen and oxygen atoms in total. The van der Waals surface area contributed by atoms with E-state index in [4.69, 9.17) is 9.84 Å². The van der Waals surface area contributed by atoms with Crippen molar-refractivity contribution in [2.75, 3.05) is 6.54 Å². The Kier molecular flexibility index (Phi) is 5.65. The van der Waals surface area contributed by atoms with E-state index in [0.717, 1.165) is 12.1 Å². The van der Waals surface area contributed by atoms with E-state index in [1.807, 2.05) is 38.1 Å². The molecule has 0 aliphatic rings. The summed E-state index contributed by atoms with van der Waals surface area (Å²) in [5.41, 5.74) is 0.985. The number of carboxylic acid groups (broad SMARTS) is 1. The number of para-hydroxylation sites is 1. The molecule has 0 aromatic heterocycles. The Morgan fingerprint density at radius 3 is 2.61 bits per heavy atom. The third-order valence-electron chi connectivity index (χ3n) is 2.81. The fourth-order valence-electron chi connectivity index (χ4n) is 1.82. The Morgan fingerprint density at radius 2 is 2.06 bits per heavy atom. The number of hydrogen-bond donors (Lipinski definition) is 2. The quantitative estimate of drug-likeness (QED) is 0.782. The maximum absolute atomic E-state index is 11.0. The summed E-state index contributed by atoms with van der Waals surface area (Å²) in [6.45, 7) is 6.72. The average molecular weight is 251 g/mol. The third-order valence-corrected chi connectivity index (χ3v) is 2.81. The second kappa shape index (κ2) is 7.01. The molecule has 100 valence electrons. The van der Waals surface area contributed by atoms with E-state index >= 15 is 0 Å². The summed E-state index contributed by atoms with van der Waals surface area (Å²) in [7, 11) is 0. The molecule has 0 amide bonds. The first-order valence-corrected chi connectivity index (χ1v) is 6.31. The van der Waals surface area contributed by atoms with Gasteiger partial charge in [0.25, 0.3) is 0 Å². The summed E-state index contributed by atoms with van der Waals surface area (Å²) in [6.07, 6.45) is -0.348. The molecule has 0 saturated carbocycles. The molecule has 4 heteroatoms. The predicted octanol–water partition coefficient (Wildman–Crippen LogP) is 2.60. The number of carboxylic acids is 1. The molecule has 0 heterocycles. The van der Waals surface area contributed by atoms with Gasteiger partial charge in [0, 0.05) is 11.6 Å². The van der Waals surface area contributed by atoms with Crippen LogP contribution in [-0.2, 0) is 4.79 Å². The summed E-state index contributed by atoms with van der Waals surface area (Å²) < 4.78 is 5.58. The van der Waals surface area contributed by atoms with E-state index in [1.165, 1.54) is 0 Å². The van der Waals surface area contributed by atoms with Gasteiger partial charge in [0.2, 0.25) is 0 Å². The molecule has 0 aliphatic carbocycles. The van der Waals surface area contributed by atoms with Gasteiger partial charge >= 0.3 is 5.97 Å². The number of carbonyl (C=O) groups is 1. The molecule has 0 spiro atoms. The van der Waals surface area contributed by atoms with Gasteiger partial charge in [-0.3, -0.25) is 0 Å². The number of aliphatic carboxylic acids is 1. The van der Waals surface area contributed by atoms with Crippen LogP contribution in [0.15, 0.2) is 24.3 Å². The van der Waals surface area contributed by atoms with Crippen LogP contribution in [0.4, 0.5) is 0 Å². The third kappa shape index (κ3) is 3.74. The number of ether oxygens (including phenoxy) is 1. The molecular weight excluding hydrogens is 230 g/mol. The zero-order valence-electron chi connectivity index (χ0n) is 11.1. The molecular formula is C14H21NO3. The first-order valence-electron chi connectivity index (χ1n) is 6.31. The molecule has 2 N–H and O–H groups in total. The average Bonchev–Trinajstić information content (AvgIpc) is 2.36. The summed E-state index contributed by atoms with van der Waals surface area (Å²) in [5, 5.41) is 12.3. The van der Waals surface area contributed by atoms with Gasteiger partial charge in [-0.15, -0.1) is 0 Å². The van der Waals surface area contributed by atoms with Crippen LogP contribution in [0.5, 0.6) is 5.75 Å². The van der Waals surface area contributed by atoms with E-state index in [1.54, 1.807) is 6.92 Å². The number of rotatable bonds is 7. The zero-order chi connectivity index (χ0) is 13.5. The van der Waals surface area contributed by atoms with Crippen LogP contribution in [0, 0.1) is 0 Å². The van der Waals surface area contributed by atoms with Crippen LogP contribution in [0.2, 0.25) is 0 Å². The van der Waals surface area contributed by atoms with Crippen molar-refractivity contribution in [2.24, 2.45) is 0 Å². The fourth-order valence-corrected chi connectivity index (χ4v) is 1.82. The highest BCUT2D eigenvalue weighted by molar-refractivity contribution is 5.72. The van der Waals surface area contributed by atoms with Crippen molar-refractivity contribution in [1.82, 2.24) is 5.32 Å². The lowest BCUT2D eigenvalue weighted by Crippen LogP contribution is -2.27. The van der Waals surface area contributed by atoms with E-state index in [9.17, 15) is 4.79 Å². The van der Waals surface area contributed by atoms with E-state index in [-0.39, 0.29) is 6.04 Å². The Labute approximate surface area is 108 Å². The molecule has 0 aliphatic heterocycles. The minimum absolute atomic E-state index is 0.137. The first kappa shape index (κ1) is 14.5. The molecule has 2 atom stereocenters. The molecule has 0 radical (unpaired) electrons. The number of nitrogens with one attached hydrogen (secondary N) is 1. The largest absolute Gasteiger partial charge is 0.479 e. The van der Waals surface area contributed by atoms with Gasteiger partial charge in [-0.2, -0.15) is 0 Å². The van der Waals surface area contributed by atoms with E-state index < -0.39 is 12.1 Å². The van der Waals surface area contributed by atoms with Crippen molar-refractivity contribution < 1.29 is 14.6 Å². The number of hydrogen-bond acceptors (Lipinski definition) is 3. The van der Waals surface area contributed by atoms with Crippen LogP contribution in [-0.4, -0.2) is 23.7 Å². The van der Waals surface area contributed by atoms with Crippen molar-refractivity contribution in [3.8, 4) is 5.75 Å². The zero-order valence-corrected chi connectivity index (χ0v) is 11.1. The maximum atomic E-state index is 11.0. The highest BCUT2D eigenvalue weighted by Crippen LogP contribution is 2.26. The molecule has 0 saturated heterocycles. The van der Waals surface area contributed by atoms with Crippen molar-refractivity contribution >= 4 is 5.97 Å². The summed E-state index contributed by atoms with van der Waals surface area (Å²) in [6, 6.07) is 7.69. The molecule has 18 heavy (non-hydrogen) atoms. The van der Waals surface area contributed by atoms with Crippen LogP contribution < -0.4 is 10.1 Å². The number of benzene rings is 1. The summed E-state index contributed by atoms with van der Waals surface area (Å²) >= 11 is 0. The SMILES string of the molecule is CCNC(C)c1ccccc1OC(CC)C(=O)O. The van der Waals surface area contributed by atoms with Crippen LogP contribution in [0.3, 0.4) is 0 Å². The monoisotopic (exact) mass is 251 g/mol. The molecule has 0 bridgehead atoms. The maximum Gasteiger partial charge on any atom is 0.344 e. The molecule has 2 unspecified atom stereocenters. The second-order valence-corrected chi connectivity index (χ2v) is 4.17. The van der Waals surface area contributed by atoms with Crippen molar-refractivity contribution in [1.29, 1.82) is 0 Å². The highest BCUT2D eigenvalue weighted by atomic mass is 16.5. The van der Waals surface area contributed by atoms with Crippen LogP contribution >= 0.6 is 0 Å². The standard InChI is InChI=1S/C14H21NO3/c1-4-12(14(16)17)18-13-9-7-6-8-11(13)10(3)15-5-2/h6-10,12,15H,4-5H2,1-3H3,(H,16,17). The normalized spacial score (nSPS) is 13.9. The van der Waals surface area contributed by atoms with Gasteiger partial charge in [0.1, 0.15) is 5.75 Å². The van der Waals surface area contributed by atoms with E-state index in [2.05, 4.69) is 5.32 Å². The summed E-state index contributed by atoms with van der Waals surface area (Å²) in [5.74, 6) is -0.288. The Morgan fingerprint density at radius 1 is 1.39 bits per heavy atom. The Hall–Kier alpha value is -1.55. The fraction of sp³-hybridized carbons (Fsp3) is 0.500. The highest BCUT2D eigenvalue weighted by Gasteiger charge is 2.19. The lowest BCUT2D eigenvalue weighted by molar-refractivity contribution is -0.145. The van der Waals surface area contributed by atoms with Crippen LogP contribution in [0.1, 0.15) is 38.8 Å². The minimum atomic E-state index is -0.927. The molecule has 1 aromatic carbocycles. The topological polar surface area (TPSA) is 58.6 Å². The minimum Gasteiger partial charge on any atom is -0.479 e. The molecule has 1 aromatic rings. The van der Waals surface area contributed by atoms with Gasteiger partial charge in [0.05, 0.1) is 0 Å². The molecule has 1 rings (SSSR count). The van der Waals surface area contributed by atoms with Gasteiger partial charge in [0.15, 0.2) is 6.10 Å². The lowest BCUT2D eigenvalue weighted by Gasteiger charge is -2.20. The summed E-state index contributed by atoms with van der Waals surface area (Å²) in [4.78, 5) is 11.0. The van der Waals surface area contributed by atoms with Gasteiger partial charge < -0.3 is 15.2 Å². The van der Waals surface area contributed by atoms with Crippen LogP contribution in [0.25, 0.3) is 0 Å². The van der Waals surface area contributed by atoms with E-state index in [0.29, 0.717) is 12.2 Å². The molecule has 0 fully saturated rings. The first-order chi connectivity index (χ1) is 8.60. The Bertz CT molecular complexity index is 392. The van der Waals surface area contributed by atoms with Crippen molar-refractivity contribution in [3.05, 3.63) is 29.8 Å². The van der Waals surface area contributed by atoms with Crippen molar-refractivity contribution in [3.63, 3.8) is 0 Å². The van der Waals surface area contributed by atoms with Crippen molar-refractivity contribution in [2.45, 2.75) is 39.3 Å². The second-order valence-electron chi connectivity index (χ2n) is 4.17. The van der Waals surface area contributed by atoms with Gasteiger partial charge in [-0.25, -0.2) is 4.79 Å². The smallest absolute Gasteiger partial charge is 0.344 e. The van der Waals surface area contributed by atoms with Gasteiger partial charge in [-0.1, -0.05) is 32.0 Å². The Balaban J connectivity index is 2.91. The van der Waals surface area contributed by atoms with Gasteiger partial charge in [-0.05, 0) is 26.0 Å². The predicted molar refractivity (Wildman–Crippen MR) is 70.9 cm³/mol.